The van der Waals surface area contributed by atoms with Crippen LogP contribution in [0.3, 0.4) is 0 Å². The van der Waals surface area contributed by atoms with E-state index < -0.39 is 23.3 Å². The lowest BCUT2D eigenvalue weighted by Crippen LogP contribution is -2.43. The number of benzene rings is 2. The Hall–Kier alpha value is -4.09. The lowest BCUT2D eigenvalue weighted by molar-refractivity contribution is -0.136. The van der Waals surface area contributed by atoms with Gasteiger partial charge >= 0.3 is 12.2 Å². The summed E-state index contributed by atoms with van der Waals surface area (Å²) in [5.41, 5.74) is 2.68. The molecule has 3 aromatic rings. The Balaban J connectivity index is 1.42. The van der Waals surface area contributed by atoms with Gasteiger partial charge < -0.3 is 29.5 Å². The Labute approximate surface area is 322 Å². The van der Waals surface area contributed by atoms with Gasteiger partial charge in [-0.05, 0) is 90.0 Å². The van der Waals surface area contributed by atoms with Crippen molar-refractivity contribution >= 4 is 51.9 Å². The summed E-state index contributed by atoms with van der Waals surface area (Å²) in [7, 11) is 0. The largest absolute Gasteiger partial charge is 0.444 e. The van der Waals surface area contributed by atoms with Crippen molar-refractivity contribution in [2.75, 3.05) is 31.1 Å². The molecule has 3 heterocycles. The van der Waals surface area contributed by atoms with Gasteiger partial charge in [0.05, 0.1) is 12.6 Å². The van der Waals surface area contributed by atoms with Crippen LogP contribution in [0.4, 0.5) is 14.6 Å². The number of amides is 4. The van der Waals surface area contributed by atoms with Gasteiger partial charge in [-0.2, -0.15) is 0 Å². The van der Waals surface area contributed by atoms with Gasteiger partial charge in [-0.3, -0.25) is 9.59 Å². The smallest absolute Gasteiger partial charge is 0.410 e. The van der Waals surface area contributed by atoms with Crippen LogP contribution in [-0.4, -0.2) is 71.2 Å². The molecule has 4 amide bonds. The van der Waals surface area contributed by atoms with Gasteiger partial charge in [0.15, 0.2) is 0 Å². The number of alkyl carbamates (subject to hydrolysis) is 1. The van der Waals surface area contributed by atoms with Gasteiger partial charge in [0, 0.05) is 41.5 Å². The second kappa shape index (κ2) is 17.4. The van der Waals surface area contributed by atoms with E-state index in [0.29, 0.717) is 50.5 Å². The van der Waals surface area contributed by atoms with Gasteiger partial charge in [0.1, 0.15) is 22.7 Å². The number of anilines is 1. The fraction of sp³-hybridized carbons (Fsp3) is 0.512. The number of hydrogen-bond acceptors (Lipinski definition) is 7. The maximum Gasteiger partial charge on any atom is 0.410 e. The third-order valence-electron chi connectivity index (χ3n) is 9.14. The fourth-order valence-electron chi connectivity index (χ4n) is 6.74. The van der Waals surface area contributed by atoms with Crippen molar-refractivity contribution in [3.63, 3.8) is 0 Å². The molecule has 5 rings (SSSR count). The van der Waals surface area contributed by atoms with E-state index in [0.717, 1.165) is 51.4 Å². The summed E-state index contributed by atoms with van der Waals surface area (Å²) in [6, 6.07) is 17.0. The number of hydrogen-bond donors (Lipinski definition) is 1. The Bertz CT molecular complexity index is 1770. The lowest BCUT2D eigenvalue weighted by Gasteiger charge is -2.33. The van der Waals surface area contributed by atoms with Gasteiger partial charge in [-0.15, -0.1) is 11.3 Å². The first-order valence-corrected chi connectivity index (χ1v) is 19.8. The van der Waals surface area contributed by atoms with Crippen LogP contribution in [0.2, 0.25) is 5.02 Å². The highest BCUT2D eigenvalue weighted by molar-refractivity contribution is 7.16. The van der Waals surface area contributed by atoms with Crippen molar-refractivity contribution in [2.24, 2.45) is 0 Å². The summed E-state index contributed by atoms with van der Waals surface area (Å²) < 4.78 is 11.0. The molecule has 1 atom stereocenters. The maximum atomic E-state index is 14.4. The average Bonchev–Trinajstić information content (AvgIpc) is 3.39. The Morgan fingerprint density at radius 3 is 2.26 bits per heavy atom. The molecule has 12 heteroatoms. The molecule has 0 saturated heterocycles. The first-order chi connectivity index (χ1) is 25.1. The number of carbonyl (C=O) groups excluding carboxylic acids is 4. The summed E-state index contributed by atoms with van der Waals surface area (Å²) in [6.07, 6.45) is 3.70. The standard InChI is InChI=1S/C41H53ClN4O6S/c1-40(2,3)51-38(49)43-23-15-8-7-12-20-33(47)46-27-34(48)45(25-21-28-16-10-9-11-17-28)37-35(36(46)29-18-13-14-19-31(29)42)30-22-24-44(26-32(30)53-37)39(50)52-41(4,5)6/h9-11,13-14,16-19,36H,7-8,12,15,20-27H2,1-6H3,(H,43,49). The van der Waals surface area contributed by atoms with Crippen LogP contribution in [0.1, 0.15) is 107 Å². The van der Waals surface area contributed by atoms with E-state index in [1.807, 2.05) is 88.9 Å². The van der Waals surface area contributed by atoms with Gasteiger partial charge in [0.2, 0.25) is 11.8 Å². The molecule has 2 aromatic carbocycles. The minimum atomic E-state index is -0.627. The SMILES string of the molecule is CC(C)(C)OC(=O)NCCCCCCC(=O)N1CC(=O)N(CCc2ccccc2)c2sc3c(c2C1c1ccccc1Cl)CCN(C(=O)OC(C)(C)C)C3. The molecule has 0 saturated carbocycles. The Morgan fingerprint density at radius 1 is 0.887 bits per heavy atom. The molecule has 0 fully saturated rings. The van der Waals surface area contributed by atoms with E-state index in [1.165, 1.54) is 11.3 Å². The fourth-order valence-corrected chi connectivity index (χ4v) is 8.41. The molecule has 286 valence electrons. The number of ether oxygens (including phenoxy) is 2. The van der Waals surface area contributed by atoms with Crippen molar-refractivity contribution in [3.8, 4) is 0 Å². The van der Waals surface area contributed by atoms with Gasteiger partial charge in [0.25, 0.3) is 0 Å². The molecular formula is C41H53ClN4O6S. The van der Waals surface area contributed by atoms with E-state index in [-0.39, 0.29) is 30.9 Å². The van der Waals surface area contributed by atoms with E-state index in [2.05, 4.69) is 17.4 Å². The van der Waals surface area contributed by atoms with Crippen LogP contribution >= 0.6 is 22.9 Å². The van der Waals surface area contributed by atoms with Gasteiger partial charge in [-0.25, -0.2) is 9.59 Å². The molecule has 0 bridgehead atoms. The quantitative estimate of drug-likeness (QED) is 0.196. The Morgan fingerprint density at radius 2 is 1.57 bits per heavy atom. The monoisotopic (exact) mass is 764 g/mol. The predicted molar refractivity (Wildman–Crippen MR) is 209 cm³/mol. The minimum Gasteiger partial charge on any atom is -0.444 e. The summed E-state index contributed by atoms with van der Waals surface area (Å²) in [5.74, 6) is -0.266. The molecule has 10 nitrogen and oxygen atoms in total. The predicted octanol–water partition coefficient (Wildman–Crippen LogP) is 8.68. The topological polar surface area (TPSA) is 108 Å². The highest BCUT2D eigenvalue weighted by Crippen LogP contribution is 2.49. The molecular weight excluding hydrogens is 712 g/mol. The van der Waals surface area contributed by atoms with E-state index in [9.17, 15) is 19.2 Å². The normalized spacial score (nSPS) is 16.1. The molecule has 1 unspecified atom stereocenters. The van der Waals surface area contributed by atoms with Crippen molar-refractivity contribution < 1.29 is 28.7 Å². The zero-order valence-corrected chi connectivity index (χ0v) is 33.4. The zero-order valence-electron chi connectivity index (χ0n) is 31.8. The second-order valence-electron chi connectivity index (χ2n) is 15.7. The zero-order chi connectivity index (χ0) is 38.3. The van der Waals surface area contributed by atoms with Crippen LogP contribution in [-0.2, 0) is 38.4 Å². The molecule has 53 heavy (non-hydrogen) atoms. The highest BCUT2D eigenvalue weighted by Gasteiger charge is 2.42. The maximum absolute atomic E-state index is 14.4. The van der Waals surface area contributed by atoms with Crippen molar-refractivity contribution in [1.82, 2.24) is 15.1 Å². The van der Waals surface area contributed by atoms with Crippen molar-refractivity contribution in [2.45, 2.75) is 110 Å². The number of nitrogens with zero attached hydrogens (tertiary/aromatic N) is 3. The highest BCUT2D eigenvalue weighted by atomic mass is 35.5. The number of fused-ring (bicyclic) bond motifs is 3. The minimum absolute atomic E-state index is 0.0798. The van der Waals surface area contributed by atoms with Crippen LogP contribution in [0.5, 0.6) is 0 Å². The lowest BCUT2D eigenvalue weighted by atomic mass is 9.91. The summed E-state index contributed by atoms with van der Waals surface area (Å²) >= 11 is 8.45. The summed E-state index contributed by atoms with van der Waals surface area (Å²) in [4.78, 5) is 60.2. The molecule has 2 aliphatic rings. The number of rotatable bonds is 11. The molecule has 1 aromatic heterocycles. The second-order valence-corrected chi connectivity index (χ2v) is 17.2. The first kappa shape index (κ1) is 40.1. The van der Waals surface area contributed by atoms with E-state index in [4.69, 9.17) is 21.1 Å². The third-order valence-corrected chi connectivity index (χ3v) is 10.7. The van der Waals surface area contributed by atoms with Crippen LogP contribution in [0.25, 0.3) is 0 Å². The van der Waals surface area contributed by atoms with Gasteiger partial charge in [-0.1, -0.05) is 73.0 Å². The Kier molecular flexibility index (Phi) is 13.1. The van der Waals surface area contributed by atoms with Crippen LogP contribution in [0, 0.1) is 0 Å². The first-order valence-electron chi connectivity index (χ1n) is 18.6. The molecule has 0 radical (unpaired) electrons. The van der Waals surface area contributed by atoms with E-state index in [1.54, 1.807) is 9.80 Å². The number of carbonyl (C=O) groups is 4. The number of nitrogens with one attached hydrogen (secondary N) is 1. The number of thiophene rings is 1. The molecule has 2 aliphatic heterocycles. The summed E-state index contributed by atoms with van der Waals surface area (Å²) in [6.45, 7) is 12.7. The van der Waals surface area contributed by atoms with Crippen LogP contribution < -0.4 is 10.2 Å². The van der Waals surface area contributed by atoms with Crippen molar-refractivity contribution in [1.29, 1.82) is 0 Å². The third kappa shape index (κ3) is 10.8. The summed E-state index contributed by atoms with van der Waals surface area (Å²) in [5, 5.41) is 4.12. The van der Waals surface area contributed by atoms with E-state index >= 15 is 0 Å². The molecule has 1 N–H and O–H groups in total. The number of halogens is 1. The van der Waals surface area contributed by atoms with Crippen LogP contribution in [0.15, 0.2) is 54.6 Å². The average molecular weight is 765 g/mol. The number of unbranched alkanes of at least 4 members (excludes halogenated alkanes) is 3. The van der Waals surface area contributed by atoms with Crippen molar-refractivity contribution in [3.05, 3.63) is 86.8 Å². The molecule has 0 aliphatic carbocycles. The molecule has 0 spiro atoms.